The molecule has 3 rings (SSSR count). The van der Waals surface area contributed by atoms with Gasteiger partial charge in [0.1, 0.15) is 0 Å². The molecule has 2 heterocycles. The molecule has 0 radical (unpaired) electrons. The van der Waals surface area contributed by atoms with Crippen LogP contribution in [0.2, 0.25) is 0 Å². The number of methoxy groups -OCH3 is 3. The van der Waals surface area contributed by atoms with Crippen LogP contribution in [0.15, 0.2) is 30.3 Å². The minimum Gasteiger partial charge on any atom is -0.468 e. The number of amides is 1. The molecule has 2 fully saturated rings. The van der Waals surface area contributed by atoms with Crippen LogP contribution < -0.4 is 0 Å². The summed E-state index contributed by atoms with van der Waals surface area (Å²) in [7, 11) is 4.25. The molecule has 188 valence electrons. The average molecular weight is 475 g/mol. The van der Waals surface area contributed by atoms with Crippen molar-refractivity contribution in [3.05, 3.63) is 35.9 Å². The van der Waals surface area contributed by atoms with E-state index in [9.17, 15) is 14.4 Å². The lowest BCUT2D eigenvalue weighted by molar-refractivity contribution is -0.165. The molecule has 0 bridgehead atoms. The predicted molar refractivity (Wildman–Crippen MR) is 127 cm³/mol. The first-order chi connectivity index (χ1) is 16.4. The van der Waals surface area contributed by atoms with E-state index in [1.165, 1.54) is 14.2 Å². The van der Waals surface area contributed by atoms with Crippen LogP contribution in [0.25, 0.3) is 0 Å². The second-order valence-corrected chi connectivity index (χ2v) is 9.11. The standard InChI is InChI=1S/C26H38N2O6/c1-6-26(7-2,34-5)20-14-11-16-27(20)28-17-15-19(23(28)29)21(18-12-9-8-10-13-18)22(24(30)32-3)25(31)33-4/h8-10,12-13,19-22H,6-7,11,14-17H2,1-5H3/t19-,20+,21+/m1/s1. The molecular weight excluding hydrogens is 436 g/mol. The van der Waals surface area contributed by atoms with E-state index in [0.717, 1.165) is 37.8 Å². The van der Waals surface area contributed by atoms with Gasteiger partial charge in [-0.05, 0) is 37.7 Å². The largest absolute Gasteiger partial charge is 0.468 e. The maximum absolute atomic E-state index is 13.9. The van der Waals surface area contributed by atoms with Crippen LogP contribution in [0.4, 0.5) is 0 Å². The van der Waals surface area contributed by atoms with Gasteiger partial charge < -0.3 is 14.2 Å². The molecule has 1 amide bonds. The zero-order valence-electron chi connectivity index (χ0n) is 21.0. The van der Waals surface area contributed by atoms with Gasteiger partial charge >= 0.3 is 11.9 Å². The fraction of sp³-hybridized carbons (Fsp3) is 0.654. The Labute approximate surface area is 202 Å². The molecule has 0 unspecified atom stereocenters. The molecule has 34 heavy (non-hydrogen) atoms. The van der Waals surface area contributed by atoms with Crippen molar-refractivity contribution in [2.45, 2.75) is 63.5 Å². The van der Waals surface area contributed by atoms with E-state index >= 15 is 0 Å². The molecule has 2 aliphatic rings. The fourth-order valence-electron chi connectivity index (χ4n) is 5.97. The maximum atomic E-state index is 13.9. The zero-order valence-corrected chi connectivity index (χ0v) is 21.0. The molecule has 8 heteroatoms. The highest BCUT2D eigenvalue weighted by atomic mass is 16.5. The van der Waals surface area contributed by atoms with Crippen LogP contribution in [0, 0.1) is 11.8 Å². The van der Waals surface area contributed by atoms with Gasteiger partial charge in [-0.15, -0.1) is 0 Å². The summed E-state index contributed by atoms with van der Waals surface area (Å²) in [6.07, 6.45) is 4.18. The smallest absolute Gasteiger partial charge is 0.320 e. The Morgan fingerprint density at radius 1 is 1.00 bits per heavy atom. The Hall–Kier alpha value is -2.45. The van der Waals surface area contributed by atoms with E-state index in [-0.39, 0.29) is 17.6 Å². The first-order valence-corrected chi connectivity index (χ1v) is 12.2. The monoisotopic (exact) mass is 474 g/mol. The molecule has 0 aliphatic carbocycles. The third-order valence-corrected chi connectivity index (χ3v) is 7.86. The first-order valence-electron chi connectivity index (χ1n) is 12.2. The Morgan fingerprint density at radius 3 is 2.15 bits per heavy atom. The molecule has 0 N–H and O–H groups in total. The minimum absolute atomic E-state index is 0.0734. The third-order valence-electron chi connectivity index (χ3n) is 7.86. The first kappa shape index (κ1) is 26.2. The summed E-state index contributed by atoms with van der Waals surface area (Å²) in [6, 6.07) is 9.35. The number of hydrazine groups is 1. The number of carbonyl (C=O) groups is 3. The lowest BCUT2D eigenvalue weighted by atomic mass is 9.76. The lowest BCUT2D eigenvalue weighted by Crippen LogP contribution is -2.57. The van der Waals surface area contributed by atoms with Gasteiger partial charge in [0.05, 0.1) is 25.9 Å². The van der Waals surface area contributed by atoms with Crippen molar-refractivity contribution in [2.75, 3.05) is 34.4 Å². The number of esters is 2. The van der Waals surface area contributed by atoms with Crippen molar-refractivity contribution in [1.82, 2.24) is 10.0 Å². The van der Waals surface area contributed by atoms with Gasteiger partial charge in [-0.2, -0.15) is 0 Å². The minimum atomic E-state index is -1.22. The Morgan fingerprint density at radius 2 is 1.62 bits per heavy atom. The van der Waals surface area contributed by atoms with Gasteiger partial charge in [-0.1, -0.05) is 44.2 Å². The van der Waals surface area contributed by atoms with Crippen molar-refractivity contribution in [3.63, 3.8) is 0 Å². The Balaban J connectivity index is 1.96. The normalized spacial score (nSPS) is 22.3. The van der Waals surface area contributed by atoms with Gasteiger partial charge in [-0.3, -0.25) is 19.4 Å². The molecule has 1 aromatic carbocycles. The van der Waals surface area contributed by atoms with Crippen molar-refractivity contribution >= 4 is 17.8 Å². The van der Waals surface area contributed by atoms with Crippen molar-refractivity contribution < 1.29 is 28.6 Å². The number of rotatable bonds is 10. The van der Waals surface area contributed by atoms with E-state index in [0.29, 0.717) is 13.0 Å². The van der Waals surface area contributed by atoms with Crippen LogP contribution in [-0.4, -0.2) is 73.9 Å². The summed E-state index contributed by atoms with van der Waals surface area (Å²) < 4.78 is 16.0. The fourth-order valence-corrected chi connectivity index (χ4v) is 5.97. The van der Waals surface area contributed by atoms with Crippen molar-refractivity contribution in [2.24, 2.45) is 11.8 Å². The van der Waals surface area contributed by atoms with Gasteiger partial charge in [-0.25, -0.2) is 5.01 Å². The maximum Gasteiger partial charge on any atom is 0.320 e. The highest BCUT2D eigenvalue weighted by Gasteiger charge is 2.52. The molecule has 0 saturated carbocycles. The number of hydrogen-bond donors (Lipinski definition) is 0. The second-order valence-electron chi connectivity index (χ2n) is 9.11. The van der Waals surface area contributed by atoms with Crippen molar-refractivity contribution in [3.8, 4) is 0 Å². The summed E-state index contributed by atoms with van der Waals surface area (Å²) in [6.45, 7) is 5.56. The lowest BCUT2D eigenvalue weighted by Gasteiger charge is -2.44. The highest BCUT2D eigenvalue weighted by molar-refractivity contribution is 5.97. The topological polar surface area (TPSA) is 85.4 Å². The number of benzene rings is 1. The Kier molecular flexibility index (Phi) is 8.71. The van der Waals surface area contributed by atoms with E-state index in [1.54, 1.807) is 7.11 Å². The number of hydrogen-bond acceptors (Lipinski definition) is 7. The van der Waals surface area contributed by atoms with E-state index in [1.807, 2.05) is 35.3 Å². The number of nitrogens with zero attached hydrogens (tertiary/aromatic N) is 2. The summed E-state index contributed by atoms with van der Waals surface area (Å²) >= 11 is 0. The second kappa shape index (κ2) is 11.3. The van der Waals surface area contributed by atoms with Gasteiger partial charge in [0.2, 0.25) is 5.91 Å². The van der Waals surface area contributed by atoms with Crippen LogP contribution in [0.1, 0.15) is 57.4 Å². The molecule has 0 spiro atoms. The summed E-state index contributed by atoms with van der Waals surface area (Å²) in [4.78, 5) is 39.4. The van der Waals surface area contributed by atoms with Gasteiger partial charge in [0.15, 0.2) is 5.92 Å². The van der Waals surface area contributed by atoms with Crippen LogP contribution in [-0.2, 0) is 28.6 Å². The Bertz CT molecular complexity index is 832. The molecular formula is C26H38N2O6. The van der Waals surface area contributed by atoms with Gasteiger partial charge in [0, 0.05) is 32.0 Å². The molecule has 3 atom stereocenters. The van der Waals surface area contributed by atoms with Crippen LogP contribution in [0.3, 0.4) is 0 Å². The highest BCUT2D eigenvalue weighted by Crippen LogP contribution is 2.43. The average Bonchev–Trinajstić information content (AvgIpc) is 3.50. The number of carbonyl (C=O) groups excluding carboxylic acids is 3. The van der Waals surface area contributed by atoms with Crippen LogP contribution >= 0.6 is 0 Å². The van der Waals surface area contributed by atoms with E-state index in [4.69, 9.17) is 14.2 Å². The van der Waals surface area contributed by atoms with Gasteiger partial charge in [0.25, 0.3) is 0 Å². The predicted octanol–water partition coefficient (Wildman–Crippen LogP) is 3.17. The van der Waals surface area contributed by atoms with Crippen LogP contribution in [0.5, 0.6) is 0 Å². The van der Waals surface area contributed by atoms with E-state index < -0.39 is 29.7 Å². The molecule has 0 aromatic heterocycles. The third kappa shape index (κ3) is 4.70. The SMILES string of the molecule is CCC(CC)(OC)[C@@H]1CCCN1N1CC[C@H]([C@H](c2ccccc2)C(C(=O)OC)C(=O)OC)C1=O. The van der Waals surface area contributed by atoms with E-state index in [2.05, 4.69) is 18.9 Å². The number of ether oxygens (including phenoxy) is 3. The molecule has 8 nitrogen and oxygen atoms in total. The molecule has 2 saturated heterocycles. The molecule has 1 aromatic rings. The van der Waals surface area contributed by atoms with Crippen molar-refractivity contribution in [1.29, 1.82) is 0 Å². The summed E-state index contributed by atoms with van der Waals surface area (Å²) in [5, 5.41) is 4.01. The summed E-state index contributed by atoms with van der Waals surface area (Å²) in [5.41, 5.74) is 0.420. The quantitative estimate of drug-likeness (QED) is 0.380. The zero-order chi connectivity index (χ0) is 24.9. The summed E-state index contributed by atoms with van der Waals surface area (Å²) in [5.74, 6) is -3.90. The molecule has 2 aliphatic heterocycles.